The number of hydrogen-bond donors (Lipinski definition) is 2. The molecule has 1 amide bonds. The number of benzene rings is 1. The lowest BCUT2D eigenvalue weighted by molar-refractivity contribution is -0.120. The third-order valence-electron chi connectivity index (χ3n) is 3.61. The first-order valence-electron chi connectivity index (χ1n) is 7.78. The Hall–Kier alpha value is -2.49. The number of amides is 1. The van der Waals surface area contributed by atoms with Gasteiger partial charge in [-0.05, 0) is 36.2 Å². The van der Waals surface area contributed by atoms with Crippen LogP contribution in [0.25, 0.3) is 10.8 Å². The first-order valence-corrected chi connectivity index (χ1v) is 10.2. The average molecular weight is 391 g/mol. The highest BCUT2D eigenvalue weighted by Crippen LogP contribution is 2.24. The lowest BCUT2D eigenvalue weighted by atomic mass is 10.1. The fourth-order valence-electron chi connectivity index (χ4n) is 2.32. The fourth-order valence-corrected chi connectivity index (χ4v) is 3.62. The zero-order chi connectivity index (χ0) is 18.6. The zero-order valence-electron chi connectivity index (χ0n) is 13.7. The Morgan fingerprint density at radius 1 is 1.23 bits per heavy atom. The monoisotopic (exact) mass is 391 g/mol. The summed E-state index contributed by atoms with van der Waals surface area (Å²) >= 11 is 1.43. The molecule has 0 saturated heterocycles. The van der Waals surface area contributed by atoms with Crippen molar-refractivity contribution in [3.63, 3.8) is 0 Å². The molecular formula is C17H17N3O4S2. The Morgan fingerprint density at radius 2 is 2.00 bits per heavy atom. The van der Waals surface area contributed by atoms with E-state index in [9.17, 15) is 13.2 Å². The van der Waals surface area contributed by atoms with Gasteiger partial charge in [-0.25, -0.2) is 18.5 Å². The highest BCUT2D eigenvalue weighted by molar-refractivity contribution is 7.89. The van der Waals surface area contributed by atoms with Crippen molar-refractivity contribution in [2.45, 2.75) is 17.7 Å². The number of aromatic nitrogens is 1. The second-order valence-electron chi connectivity index (χ2n) is 5.59. The van der Waals surface area contributed by atoms with E-state index in [1.165, 1.54) is 23.5 Å². The molecule has 0 radical (unpaired) electrons. The van der Waals surface area contributed by atoms with Gasteiger partial charge in [-0.1, -0.05) is 12.1 Å². The largest absolute Gasteiger partial charge is 0.462 e. The number of thiazole rings is 1. The Balaban J connectivity index is 1.47. The van der Waals surface area contributed by atoms with Gasteiger partial charge in [0, 0.05) is 11.9 Å². The third-order valence-corrected chi connectivity index (χ3v) is 5.45. The molecule has 2 aromatic heterocycles. The van der Waals surface area contributed by atoms with Gasteiger partial charge >= 0.3 is 0 Å². The van der Waals surface area contributed by atoms with Crippen LogP contribution in [0.5, 0.6) is 0 Å². The molecule has 0 unspecified atom stereocenters. The van der Waals surface area contributed by atoms with E-state index in [-0.39, 0.29) is 17.2 Å². The minimum atomic E-state index is -3.68. The molecule has 3 aromatic rings. The molecule has 0 bridgehead atoms. The van der Waals surface area contributed by atoms with Crippen LogP contribution >= 0.6 is 11.3 Å². The number of nitrogens with one attached hydrogen (secondary N) is 1. The number of nitrogens with two attached hydrogens (primary N) is 1. The third kappa shape index (κ3) is 4.78. The van der Waals surface area contributed by atoms with Crippen molar-refractivity contribution in [2.75, 3.05) is 6.54 Å². The molecule has 0 fully saturated rings. The number of hydrogen-bond acceptors (Lipinski definition) is 6. The molecule has 2 heterocycles. The van der Waals surface area contributed by atoms with Crippen LogP contribution in [0.3, 0.4) is 0 Å². The Kier molecular flexibility index (Phi) is 5.50. The van der Waals surface area contributed by atoms with Crippen molar-refractivity contribution in [3.05, 3.63) is 59.3 Å². The topological polar surface area (TPSA) is 115 Å². The van der Waals surface area contributed by atoms with E-state index in [0.29, 0.717) is 24.4 Å². The molecule has 0 aliphatic rings. The van der Waals surface area contributed by atoms with Crippen molar-refractivity contribution in [1.82, 2.24) is 10.3 Å². The van der Waals surface area contributed by atoms with Crippen molar-refractivity contribution >= 4 is 27.3 Å². The van der Waals surface area contributed by atoms with Gasteiger partial charge < -0.3 is 9.73 Å². The molecular weight excluding hydrogens is 374 g/mol. The Bertz CT molecular complexity index is 977. The molecule has 0 spiro atoms. The lowest BCUT2D eigenvalue weighted by Crippen LogP contribution is -2.27. The maximum Gasteiger partial charge on any atom is 0.238 e. The van der Waals surface area contributed by atoms with Crippen LogP contribution in [0, 0.1) is 0 Å². The fraction of sp³-hybridized carbons (Fsp3) is 0.176. The first kappa shape index (κ1) is 18.3. The van der Waals surface area contributed by atoms with Gasteiger partial charge in [0.05, 0.1) is 23.3 Å². The number of nitrogens with zero attached hydrogens (tertiary/aromatic N) is 1. The van der Waals surface area contributed by atoms with Gasteiger partial charge in [0.1, 0.15) is 0 Å². The highest BCUT2D eigenvalue weighted by Gasteiger charge is 2.11. The van der Waals surface area contributed by atoms with Crippen molar-refractivity contribution < 1.29 is 17.6 Å². The number of furan rings is 1. The molecule has 0 aliphatic heterocycles. The summed E-state index contributed by atoms with van der Waals surface area (Å²) in [5.74, 6) is 0.562. The Morgan fingerprint density at radius 3 is 2.65 bits per heavy atom. The van der Waals surface area contributed by atoms with Crippen LogP contribution < -0.4 is 10.5 Å². The standard InChI is InChI=1S/C17H17N3O4S2/c18-26(22,23)14-5-3-12(4-6-14)7-8-19-16(21)10-13-11-25-17(20-13)15-2-1-9-24-15/h1-6,9,11H,7-8,10H2,(H,19,21)(H2,18,22,23). The second-order valence-corrected chi connectivity index (χ2v) is 8.01. The number of sulfonamides is 1. The van der Waals surface area contributed by atoms with Gasteiger partial charge in [-0.2, -0.15) is 0 Å². The summed E-state index contributed by atoms with van der Waals surface area (Å²) in [4.78, 5) is 16.5. The normalized spacial score (nSPS) is 11.4. The minimum Gasteiger partial charge on any atom is -0.462 e. The molecule has 3 N–H and O–H groups in total. The van der Waals surface area contributed by atoms with E-state index in [1.807, 2.05) is 11.4 Å². The summed E-state index contributed by atoms with van der Waals surface area (Å²) < 4.78 is 27.7. The van der Waals surface area contributed by atoms with Crippen LogP contribution in [0.1, 0.15) is 11.3 Å². The summed E-state index contributed by atoms with van der Waals surface area (Å²) in [6.07, 6.45) is 2.37. The van der Waals surface area contributed by atoms with Gasteiger partial charge in [-0.3, -0.25) is 4.79 Å². The predicted molar refractivity (Wildman–Crippen MR) is 98.0 cm³/mol. The van der Waals surface area contributed by atoms with E-state index in [0.717, 1.165) is 10.6 Å². The molecule has 3 rings (SSSR count). The van der Waals surface area contributed by atoms with Crippen molar-refractivity contribution in [3.8, 4) is 10.8 Å². The molecule has 1 aromatic carbocycles. The van der Waals surface area contributed by atoms with Gasteiger partial charge in [0.2, 0.25) is 15.9 Å². The molecule has 26 heavy (non-hydrogen) atoms. The summed E-state index contributed by atoms with van der Waals surface area (Å²) in [7, 11) is -3.68. The summed E-state index contributed by atoms with van der Waals surface area (Å²) in [6, 6.07) is 9.89. The van der Waals surface area contributed by atoms with Crippen molar-refractivity contribution in [1.29, 1.82) is 0 Å². The average Bonchev–Trinajstić information content (AvgIpc) is 3.25. The predicted octanol–water partition coefficient (Wildman–Crippen LogP) is 1.95. The SMILES string of the molecule is NS(=O)(=O)c1ccc(CCNC(=O)Cc2csc(-c3ccco3)n2)cc1. The second kappa shape index (κ2) is 7.81. The minimum absolute atomic E-state index is 0.0705. The first-order chi connectivity index (χ1) is 12.4. The number of carbonyl (C=O) groups is 1. The van der Waals surface area contributed by atoms with Crippen LogP contribution in [-0.4, -0.2) is 25.9 Å². The molecule has 0 aliphatic carbocycles. The van der Waals surface area contributed by atoms with E-state index in [4.69, 9.17) is 9.56 Å². The van der Waals surface area contributed by atoms with Crippen LogP contribution in [0.4, 0.5) is 0 Å². The maximum absolute atomic E-state index is 12.0. The van der Waals surface area contributed by atoms with Crippen molar-refractivity contribution in [2.24, 2.45) is 5.14 Å². The molecule has 9 heteroatoms. The quantitative estimate of drug-likeness (QED) is 0.639. The van der Waals surface area contributed by atoms with E-state index < -0.39 is 10.0 Å². The van der Waals surface area contributed by atoms with Gasteiger partial charge in [0.25, 0.3) is 0 Å². The van der Waals surface area contributed by atoms with E-state index in [2.05, 4.69) is 10.3 Å². The summed E-state index contributed by atoms with van der Waals surface area (Å²) in [5.41, 5.74) is 1.60. The molecule has 136 valence electrons. The summed E-state index contributed by atoms with van der Waals surface area (Å²) in [5, 5.41) is 10.5. The molecule has 0 atom stereocenters. The maximum atomic E-state index is 12.0. The zero-order valence-corrected chi connectivity index (χ0v) is 15.3. The van der Waals surface area contributed by atoms with Crippen LogP contribution in [-0.2, 0) is 27.7 Å². The van der Waals surface area contributed by atoms with Gasteiger partial charge in [-0.15, -0.1) is 11.3 Å². The lowest BCUT2D eigenvalue weighted by Gasteiger charge is -2.05. The molecule has 7 nitrogen and oxygen atoms in total. The van der Waals surface area contributed by atoms with Crippen LogP contribution in [0.2, 0.25) is 0 Å². The number of carbonyl (C=O) groups excluding carboxylic acids is 1. The summed E-state index contributed by atoms with van der Waals surface area (Å²) in [6.45, 7) is 0.447. The van der Waals surface area contributed by atoms with E-state index >= 15 is 0 Å². The number of rotatable bonds is 7. The van der Waals surface area contributed by atoms with Crippen LogP contribution in [0.15, 0.2) is 57.4 Å². The highest BCUT2D eigenvalue weighted by atomic mass is 32.2. The van der Waals surface area contributed by atoms with Gasteiger partial charge in [0.15, 0.2) is 10.8 Å². The number of primary sulfonamides is 1. The Labute approximate surface area is 154 Å². The molecule has 0 saturated carbocycles. The van der Waals surface area contributed by atoms with E-state index in [1.54, 1.807) is 24.5 Å². The smallest absolute Gasteiger partial charge is 0.238 e.